The molecule has 0 atom stereocenters. The fourth-order valence-corrected chi connectivity index (χ4v) is 3.48. The SMILES string of the molecule is Cc1cc(-c2ccc3oc(-c4ccccc4)cc3n2)cc2ccccc12. The number of rotatable bonds is 2. The normalized spacial score (nSPS) is 11.3. The van der Waals surface area contributed by atoms with Gasteiger partial charge in [0.1, 0.15) is 11.3 Å². The van der Waals surface area contributed by atoms with E-state index in [4.69, 9.17) is 9.40 Å². The number of hydrogen-bond acceptors (Lipinski definition) is 2. The van der Waals surface area contributed by atoms with Gasteiger partial charge in [-0.05, 0) is 47.5 Å². The number of furan rings is 1. The van der Waals surface area contributed by atoms with Crippen LogP contribution in [0.3, 0.4) is 0 Å². The maximum absolute atomic E-state index is 5.98. The molecule has 3 aromatic carbocycles. The first-order chi connectivity index (χ1) is 12.8. The highest BCUT2D eigenvalue weighted by Crippen LogP contribution is 2.31. The van der Waals surface area contributed by atoms with Gasteiger partial charge < -0.3 is 4.42 Å². The van der Waals surface area contributed by atoms with Crippen molar-refractivity contribution in [1.29, 1.82) is 0 Å². The second kappa shape index (κ2) is 5.85. The van der Waals surface area contributed by atoms with Crippen LogP contribution >= 0.6 is 0 Å². The van der Waals surface area contributed by atoms with Crippen LogP contribution in [0.5, 0.6) is 0 Å². The van der Waals surface area contributed by atoms with Gasteiger partial charge in [0.25, 0.3) is 0 Å². The molecule has 0 aliphatic rings. The molecule has 0 saturated heterocycles. The summed E-state index contributed by atoms with van der Waals surface area (Å²) in [5.74, 6) is 0.847. The molecule has 0 spiro atoms. The van der Waals surface area contributed by atoms with Gasteiger partial charge in [0, 0.05) is 17.2 Å². The summed E-state index contributed by atoms with van der Waals surface area (Å²) in [4.78, 5) is 4.85. The highest BCUT2D eigenvalue weighted by Gasteiger charge is 2.10. The lowest BCUT2D eigenvalue weighted by Crippen LogP contribution is -1.86. The average molecular weight is 335 g/mol. The molecular weight excluding hydrogens is 318 g/mol. The van der Waals surface area contributed by atoms with Crippen molar-refractivity contribution < 1.29 is 4.42 Å². The number of benzene rings is 3. The van der Waals surface area contributed by atoms with Gasteiger partial charge in [-0.3, -0.25) is 0 Å². The Labute approximate surface area is 151 Å². The summed E-state index contributed by atoms with van der Waals surface area (Å²) in [7, 11) is 0. The van der Waals surface area contributed by atoms with E-state index in [1.807, 2.05) is 48.5 Å². The minimum atomic E-state index is 0.810. The van der Waals surface area contributed by atoms with Crippen LogP contribution in [0, 0.1) is 6.92 Å². The molecule has 0 amide bonds. The first-order valence-electron chi connectivity index (χ1n) is 8.74. The van der Waals surface area contributed by atoms with E-state index < -0.39 is 0 Å². The third kappa shape index (κ3) is 2.47. The molecule has 0 aliphatic heterocycles. The van der Waals surface area contributed by atoms with Gasteiger partial charge in [0.15, 0.2) is 5.58 Å². The van der Waals surface area contributed by atoms with E-state index >= 15 is 0 Å². The number of fused-ring (bicyclic) bond motifs is 2. The van der Waals surface area contributed by atoms with Gasteiger partial charge in [-0.25, -0.2) is 4.98 Å². The molecule has 0 aliphatic carbocycles. The largest absolute Gasteiger partial charge is 0.454 e. The molecule has 0 unspecified atom stereocenters. The highest BCUT2D eigenvalue weighted by atomic mass is 16.3. The van der Waals surface area contributed by atoms with Gasteiger partial charge in [0.05, 0.1) is 5.69 Å². The fourth-order valence-electron chi connectivity index (χ4n) is 3.48. The maximum Gasteiger partial charge on any atom is 0.153 e. The standard InChI is InChI=1S/C24H17NO/c1-16-13-19(14-18-9-5-6-10-20(16)18)21-11-12-23-22(25-21)15-24(26-23)17-7-3-2-4-8-17/h2-15H,1H3. The molecule has 0 bridgehead atoms. The van der Waals surface area contributed by atoms with Gasteiger partial charge in [-0.1, -0.05) is 54.6 Å². The Balaban J connectivity index is 1.64. The quantitative estimate of drug-likeness (QED) is 0.362. The summed E-state index contributed by atoms with van der Waals surface area (Å²) >= 11 is 0. The molecule has 0 fully saturated rings. The molecule has 2 heteroatoms. The molecule has 0 N–H and O–H groups in total. The minimum absolute atomic E-state index is 0.810. The lowest BCUT2D eigenvalue weighted by atomic mass is 10.00. The Morgan fingerprint density at radius 3 is 2.42 bits per heavy atom. The summed E-state index contributed by atoms with van der Waals surface area (Å²) in [6.45, 7) is 2.15. The first-order valence-corrected chi connectivity index (χ1v) is 8.74. The Hall–Kier alpha value is -3.39. The van der Waals surface area contributed by atoms with Crippen molar-refractivity contribution in [3.63, 3.8) is 0 Å². The van der Waals surface area contributed by atoms with Crippen LogP contribution < -0.4 is 0 Å². The third-order valence-electron chi connectivity index (χ3n) is 4.80. The summed E-state index contributed by atoms with van der Waals surface area (Å²) in [6.07, 6.45) is 0. The second-order valence-corrected chi connectivity index (χ2v) is 6.57. The Morgan fingerprint density at radius 2 is 1.54 bits per heavy atom. The topological polar surface area (TPSA) is 26.0 Å². The number of nitrogens with zero attached hydrogens (tertiary/aromatic N) is 1. The Bertz CT molecular complexity index is 1240. The monoisotopic (exact) mass is 335 g/mol. The van der Waals surface area contributed by atoms with E-state index in [-0.39, 0.29) is 0 Å². The van der Waals surface area contributed by atoms with Gasteiger partial charge in [-0.2, -0.15) is 0 Å². The molecule has 2 nitrogen and oxygen atoms in total. The molecule has 5 aromatic rings. The average Bonchev–Trinajstić information content (AvgIpc) is 3.12. The van der Waals surface area contributed by atoms with Crippen LogP contribution in [-0.4, -0.2) is 4.98 Å². The van der Waals surface area contributed by atoms with Crippen LogP contribution in [0.2, 0.25) is 0 Å². The van der Waals surface area contributed by atoms with Crippen LogP contribution in [0.25, 0.3) is 44.5 Å². The number of pyridine rings is 1. The predicted octanol–water partition coefficient (Wildman–Crippen LogP) is 6.62. The summed E-state index contributed by atoms with van der Waals surface area (Å²) < 4.78 is 5.98. The zero-order chi connectivity index (χ0) is 17.5. The summed E-state index contributed by atoms with van der Waals surface area (Å²) in [5, 5.41) is 2.52. The molecular formula is C24H17NO. The molecule has 0 radical (unpaired) electrons. The predicted molar refractivity (Wildman–Crippen MR) is 107 cm³/mol. The lowest BCUT2D eigenvalue weighted by molar-refractivity contribution is 0.631. The first kappa shape index (κ1) is 14.9. The summed E-state index contributed by atoms with van der Waals surface area (Å²) in [5.41, 5.74) is 6.11. The van der Waals surface area contributed by atoms with E-state index in [2.05, 4.69) is 43.3 Å². The molecule has 26 heavy (non-hydrogen) atoms. The Kier molecular flexibility index (Phi) is 3.36. The minimum Gasteiger partial charge on any atom is -0.454 e. The van der Waals surface area contributed by atoms with Crippen LogP contribution in [0.1, 0.15) is 5.56 Å². The van der Waals surface area contributed by atoms with Crippen molar-refractivity contribution in [2.24, 2.45) is 0 Å². The molecule has 0 saturated carbocycles. The maximum atomic E-state index is 5.98. The zero-order valence-electron chi connectivity index (χ0n) is 14.4. The van der Waals surface area contributed by atoms with E-state index in [9.17, 15) is 0 Å². The van der Waals surface area contributed by atoms with Crippen molar-refractivity contribution in [2.45, 2.75) is 6.92 Å². The van der Waals surface area contributed by atoms with Crippen molar-refractivity contribution in [2.75, 3.05) is 0 Å². The van der Waals surface area contributed by atoms with E-state index in [0.717, 1.165) is 33.7 Å². The second-order valence-electron chi connectivity index (χ2n) is 6.57. The van der Waals surface area contributed by atoms with Crippen LogP contribution in [0.15, 0.2) is 89.3 Å². The van der Waals surface area contributed by atoms with Crippen LogP contribution in [-0.2, 0) is 0 Å². The molecule has 124 valence electrons. The van der Waals surface area contributed by atoms with Crippen molar-refractivity contribution in [3.8, 4) is 22.6 Å². The smallest absolute Gasteiger partial charge is 0.153 e. The van der Waals surface area contributed by atoms with Gasteiger partial charge in [0.2, 0.25) is 0 Å². The van der Waals surface area contributed by atoms with Crippen LogP contribution in [0.4, 0.5) is 0 Å². The van der Waals surface area contributed by atoms with Gasteiger partial charge in [-0.15, -0.1) is 0 Å². The lowest BCUT2D eigenvalue weighted by Gasteiger charge is -2.07. The van der Waals surface area contributed by atoms with Crippen molar-refractivity contribution in [3.05, 3.63) is 90.5 Å². The molecule has 2 aromatic heterocycles. The number of aromatic nitrogens is 1. The number of hydrogen-bond donors (Lipinski definition) is 0. The van der Waals surface area contributed by atoms with E-state index in [1.54, 1.807) is 0 Å². The van der Waals surface area contributed by atoms with Crippen molar-refractivity contribution in [1.82, 2.24) is 4.98 Å². The van der Waals surface area contributed by atoms with E-state index in [0.29, 0.717) is 0 Å². The van der Waals surface area contributed by atoms with Crippen molar-refractivity contribution >= 4 is 21.9 Å². The zero-order valence-corrected chi connectivity index (χ0v) is 14.4. The highest BCUT2D eigenvalue weighted by molar-refractivity contribution is 5.90. The molecule has 5 rings (SSSR count). The van der Waals surface area contributed by atoms with Gasteiger partial charge >= 0.3 is 0 Å². The molecule has 2 heterocycles. The van der Waals surface area contributed by atoms with E-state index in [1.165, 1.54) is 16.3 Å². The summed E-state index contributed by atoms with van der Waals surface area (Å²) in [6, 6.07) is 29.0. The fraction of sp³-hybridized carbons (Fsp3) is 0.0417. The Morgan fingerprint density at radius 1 is 0.731 bits per heavy atom. The number of aryl methyl sites for hydroxylation is 1. The third-order valence-corrected chi connectivity index (χ3v) is 4.80.